The van der Waals surface area contributed by atoms with Gasteiger partial charge in [0.05, 0.1) is 0 Å². The van der Waals surface area contributed by atoms with E-state index in [0.717, 1.165) is 11.4 Å². The second-order valence-electron chi connectivity index (χ2n) is 4.66. The van der Waals surface area contributed by atoms with Crippen LogP contribution in [0.4, 0.5) is 0 Å². The molecule has 0 fully saturated rings. The Morgan fingerprint density at radius 3 is 2.50 bits per heavy atom. The minimum Gasteiger partial charge on any atom is -0.313 e. The molecule has 0 radical (unpaired) electrons. The maximum Gasteiger partial charge on any atom is 0.0423 e. The zero-order valence-electron chi connectivity index (χ0n) is 11.2. The van der Waals surface area contributed by atoms with E-state index in [1.807, 2.05) is 14.0 Å². The Morgan fingerprint density at radius 2 is 2.00 bits per heavy atom. The molecule has 0 saturated heterocycles. The number of nitrogens with zero attached hydrogens (tertiary/aromatic N) is 1. The first kappa shape index (κ1) is 13.2. The van der Waals surface area contributed by atoms with Crippen LogP contribution in [0.2, 0.25) is 0 Å². The molecule has 0 saturated carbocycles. The second-order valence-corrected chi connectivity index (χ2v) is 4.66. The number of aryl methyl sites for hydroxylation is 2. The molecule has 0 aliphatic heterocycles. The van der Waals surface area contributed by atoms with E-state index in [1.165, 1.54) is 18.4 Å². The summed E-state index contributed by atoms with van der Waals surface area (Å²) in [6.45, 7) is 8.69. The molecule has 1 N–H and O–H groups in total. The molecule has 0 amide bonds. The van der Waals surface area contributed by atoms with Gasteiger partial charge in [-0.1, -0.05) is 26.3 Å². The van der Waals surface area contributed by atoms with Gasteiger partial charge in [0, 0.05) is 17.4 Å². The Bertz CT molecular complexity index is 334. The molecule has 1 rings (SSSR count). The molecule has 90 valence electrons. The Kier molecular flexibility index (Phi) is 4.94. The lowest BCUT2D eigenvalue weighted by molar-refractivity contribution is 0.381. The Hall–Kier alpha value is -0.890. The summed E-state index contributed by atoms with van der Waals surface area (Å²) in [5, 5.41) is 3.42. The predicted molar refractivity (Wildman–Crippen MR) is 69.6 cm³/mol. The number of rotatable bonds is 5. The summed E-state index contributed by atoms with van der Waals surface area (Å²) in [4.78, 5) is 4.54. The topological polar surface area (TPSA) is 24.9 Å². The Labute approximate surface area is 99.5 Å². The molecule has 16 heavy (non-hydrogen) atoms. The van der Waals surface area contributed by atoms with Gasteiger partial charge in [-0.25, -0.2) is 0 Å². The number of pyridine rings is 1. The van der Waals surface area contributed by atoms with Crippen molar-refractivity contribution in [2.45, 2.75) is 46.6 Å². The lowest BCUT2D eigenvalue weighted by atomic mass is 9.90. The predicted octanol–water partition coefficient (Wildman–Crippen LogP) is 3.40. The molecular formula is C14H24N2. The SMILES string of the molecule is CCCC(C)C(NC)c1ccc(C)nc1C. The van der Waals surface area contributed by atoms with Gasteiger partial charge in [0.15, 0.2) is 0 Å². The molecule has 1 heterocycles. The fourth-order valence-electron chi connectivity index (χ4n) is 2.39. The van der Waals surface area contributed by atoms with Crippen molar-refractivity contribution in [3.8, 4) is 0 Å². The van der Waals surface area contributed by atoms with Crippen LogP contribution < -0.4 is 5.32 Å². The minimum atomic E-state index is 0.424. The third-order valence-corrected chi connectivity index (χ3v) is 3.23. The molecule has 0 bridgehead atoms. The summed E-state index contributed by atoms with van der Waals surface area (Å²) >= 11 is 0. The van der Waals surface area contributed by atoms with Gasteiger partial charge in [-0.15, -0.1) is 0 Å². The number of hydrogen-bond acceptors (Lipinski definition) is 2. The standard InChI is InChI=1S/C14H24N2/c1-6-7-10(2)14(15-5)13-9-8-11(3)16-12(13)4/h8-10,14-15H,6-7H2,1-5H3. The Morgan fingerprint density at radius 1 is 1.31 bits per heavy atom. The molecule has 2 atom stereocenters. The maximum absolute atomic E-state index is 4.54. The molecule has 1 aromatic rings. The highest BCUT2D eigenvalue weighted by Gasteiger charge is 2.18. The van der Waals surface area contributed by atoms with Crippen molar-refractivity contribution >= 4 is 0 Å². The van der Waals surface area contributed by atoms with E-state index in [9.17, 15) is 0 Å². The van der Waals surface area contributed by atoms with Crippen molar-refractivity contribution in [3.05, 3.63) is 29.1 Å². The van der Waals surface area contributed by atoms with Crippen LogP contribution in [-0.4, -0.2) is 12.0 Å². The Balaban J connectivity index is 2.94. The van der Waals surface area contributed by atoms with Crippen LogP contribution in [0.15, 0.2) is 12.1 Å². The molecule has 2 nitrogen and oxygen atoms in total. The van der Waals surface area contributed by atoms with E-state index in [1.54, 1.807) is 0 Å². The first-order chi connectivity index (χ1) is 7.60. The molecule has 0 spiro atoms. The molecular weight excluding hydrogens is 196 g/mol. The lowest BCUT2D eigenvalue weighted by Gasteiger charge is -2.25. The highest BCUT2D eigenvalue weighted by Crippen LogP contribution is 2.26. The van der Waals surface area contributed by atoms with Crippen LogP contribution in [0.3, 0.4) is 0 Å². The van der Waals surface area contributed by atoms with Crippen molar-refractivity contribution in [1.29, 1.82) is 0 Å². The highest BCUT2D eigenvalue weighted by molar-refractivity contribution is 5.25. The average molecular weight is 220 g/mol. The minimum absolute atomic E-state index is 0.424. The second kappa shape index (κ2) is 6.00. The molecule has 0 aromatic carbocycles. The number of nitrogens with one attached hydrogen (secondary N) is 1. The van der Waals surface area contributed by atoms with E-state index >= 15 is 0 Å². The van der Waals surface area contributed by atoms with Gasteiger partial charge in [0.25, 0.3) is 0 Å². The van der Waals surface area contributed by atoms with Gasteiger partial charge < -0.3 is 5.32 Å². The number of aromatic nitrogens is 1. The van der Waals surface area contributed by atoms with Gasteiger partial charge in [0.1, 0.15) is 0 Å². The maximum atomic E-state index is 4.54. The normalized spacial score (nSPS) is 14.8. The van der Waals surface area contributed by atoms with Gasteiger partial charge in [-0.3, -0.25) is 4.98 Å². The fourth-order valence-corrected chi connectivity index (χ4v) is 2.39. The van der Waals surface area contributed by atoms with Gasteiger partial charge >= 0.3 is 0 Å². The monoisotopic (exact) mass is 220 g/mol. The van der Waals surface area contributed by atoms with E-state index in [4.69, 9.17) is 0 Å². The smallest absolute Gasteiger partial charge is 0.0423 e. The summed E-state index contributed by atoms with van der Waals surface area (Å²) in [6.07, 6.45) is 2.48. The van der Waals surface area contributed by atoms with Crippen molar-refractivity contribution in [1.82, 2.24) is 10.3 Å². The molecule has 2 unspecified atom stereocenters. The summed E-state index contributed by atoms with van der Waals surface area (Å²) in [7, 11) is 2.04. The third-order valence-electron chi connectivity index (χ3n) is 3.23. The summed E-state index contributed by atoms with van der Waals surface area (Å²) < 4.78 is 0. The van der Waals surface area contributed by atoms with Crippen molar-refractivity contribution in [2.75, 3.05) is 7.05 Å². The quantitative estimate of drug-likeness (QED) is 0.822. The van der Waals surface area contributed by atoms with Crippen LogP contribution in [0.1, 0.15) is 49.7 Å². The largest absolute Gasteiger partial charge is 0.313 e. The van der Waals surface area contributed by atoms with E-state index in [2.05, 4.69) is 43.2 Å². The van der Waals surface area contributed by atoms with E-state index in [-0.39, 0.29) is 0 Å². The first-order valence-electron chi connectivity index (χ1n) is 6.21. The van der Waals surface area contributed by atoms with E-state index in [0.29, 0.717) is 12.0 Å². The number of hydrogen-bond donors (Lipinski definition) is 1. The van der Waals surface area contributed by atoms with Gasteiger partial charge in [0.2, 0.25) is 0 Å². The van der Waals surface area contributed by atoms with Crippen LogP contribution >= 0.6 is 0 Å². The van der Waals surface area contributed by atoms with Crippen LogP contribution in [0, 0.1) is 19.8 Å². The first-order valence-corrected chi connectivity index (χ1v) is 6.21. The average Bonchev–Trinajstić information content (AvgIpc) is 2.22. The van der Waals surface area contributed by atoms with Gasteiger partial charge in [-0.2, -0.15) is 0 Å². The zero-order valence-corrected chi connectivity index (χ0v) is 11.2. The van der Waals surface area contributed by atoms with Gasteiger partial charge in [-0.05, 0) is 44.9 Å². The van der Waals surface area contributed by atoms with Crippen molar-refractivity contribution in [3.63, 3.8) is 0 Å². The van der Waals surface area contributed by atoms with Crippen LogP contribution in [0.25, 0.3) is 0 Å². The third kappa shape index (κ3) is 3.05. The summed E-state index contributed by atoms with van der Waals surface area (Å²) in [5.74, 6) is 0.651. The van der Waals surface area contributed by atoms with Crippen molar-refractivity contribution < 1.29 is 0 Å². The summed E-state index contributed by atoms with van der Waals surface area (Å²) in [5.41, 5.74) is 3.59. The summed E-state index contributed by atoms with van der Waals surface area (Å²) in [6, 6.07) is 4.74. The van der Waals surface area contributed by atoms with E-state index < -0.39 is 0 Å². The van der Waals surface area contributed by atoms with Crippen LogP contribution in [-0.2, 0) is 0 Å². The molecule has 2 heteroatoms. The zero-order chi connectivity index (χ0) is 12.1. The highest BCUT2D eigenvalue weighted by atomic mass is 14.9. The molecule has 0 aliphatic carbocycles. The van der Waals surface area contributed by atoms with Crippen LogP contribution in [0.5, 0.6) is 0 Å². The molecule has 0 aliphatic rings. The lowest BCUT2D eigenvalue weighted by Crippen LogP contribution is -2.24. The molecule has 1 aromatic heterocycles. The fraction of sp³-hybridized carbons (Fsp3) is 0.643. The van der Waals surface area contributed by atoms with Crippen molar-refractivity contribution in [2.24, 2.45) is 5.92 Å².